The molecule has 1 N–H and O–H groups in total. The van der Waals surface area contributed by atoms with Gasteiger partial charge in [0.2, 0.25) is 5.78 Å². The largest absolute Gasteiger partial charge is 0.506 e. The Bertz CT molecular complexity index is 859. The van der Waals surface area contributed by atoms with E-state index in [0.717, 1.165) is 0 Å². The van der Waals surface area contributed by atoms with E-state index in [1.807, 2.05) is 0 Å². The Morgan fingerprint density at radius 1 is 1.20 bits per heavy atom. The molecule has 0 radical (unpaired) electrons. The third kappa shape index (κ3) is 1.64. The van der Waals surface area contributed by atoms with Gasteiger partial charge in [0, 0.05) is 12.4 Å². The van der Waals surface area contributed by atoms with Crippen LogP contribution in [-0.4, -0.2) is 15.5 Å². The number of hydrogen-bond acceptors (Lipinski definition) is 4. The van der Waals surface area contributed by atoms with Gasteiger partial charge in [-0.3, -0.25) is 9.59 Å². The molecule has 0 atom stereocenters. The van der Waals surface area contributed by atoms with Crippen molar-refractivity contribution in [3.63, 3.8) is 0 Å². The molecule has 0 saturated heterocycles. The fourth-order valence-corrected chi connectivity index (χ4v) is 2.22. The van der Waals surface area contributed by atoms with Gasteiger partial charge in [-0.1, -0.05) is 12.1 Å². The number of rotatable bonds is 2. The first kappa shape index (κ1) is 12.2. The van der Waals surface area contributed by atoms with Gasteiger partial charge < -0.3 is 14.1 Å². The highest BCUT2D eigenvalue weighted by Crippen LogP contribution is 2.27. The van der Waals surface area contributed by atoms with Crippen LogP contribution >= 0.6 is 0 Å². The number of ketones is 1. The van der Waals surface area contributed by atoms with Crippen LogP contribution in [0.2, 0.25) is 0 Å². The Labute approximate surface area is 113 Å². The molecule has 3 rings (SSSR count). The van der Waals surface area contributed by atoms with Crippen molar-refractivity contribution >= 4 is 16.7 Å². The van der Waals surface area contributed by atoms with E-state index in [0.29, 0.717) is 10.9 Å². The topological polar surface area (TPSA) is 72.4 Å². The van der Waals surface area contributed by atoms with Crippen molar-refractivity contribution in [3.05, 3.63) is 64.3 Å². The first-order valence-electron chi connectivity index (χ1n) is 6.00. The fourth-order valence-electron chi connectivity index (χ4n) is 2.22. The highest BCUT2D eigenvalue weighted by molar-refractivity contribution is 6.11. The molecule has 0 bridgehead atoms. The molecule has 0 amide bonds. The smallest absolute Gasteiger partial charge is 0.265 e. The molecule has 3 aromatic rings. The van der Waals surface area contributed by atoms with Crippen LogP contribution < -0.4 is 5.56 Å². The lowest BCUT2D eigenvalue weighted by Gasteiger charge is -2.10. The fraction of sp³-hybridized carbons (Fsp3) is 0.0667. The number of aromatic nitrogens is 1. The predicted molar refractivity (Wildman–Crippen MR) is 73.0 cm³/mol. The van der Waals surface area contributed by atoms with Crippen LogP contribution in [0.15, 0.2) is 51.9 Å². The summed E-state index contributed by atoms with van der Waals surface area (Å²) in [6.07, 6.45) is 1.34. The van der Waals surface area contributed by atoms with Crippen LogP contribution in [0.25, 0.3) is 10.9 Å². The van der Waals surface area contributed by atoms with E-state index in [2.05, 4.69) is 0 Å². The molecule has 2 heterocycles. The molecule has 5 nitrogen and oxygen atoms in total. The van der Waals surface area contributed by atoms with Gasteiger partial charge in [-0.05, 0) is 24.3 Å². The van der Waals surface area contributed by atoms with Crippen LogP contribution in [0.5, 0.6) is 5.75 Å². The molecule has 0 aliphatic carbocycles. The van der Waals surface area contributed by atoms with E-state index < -0.39 is 11.3 Å². The van der Waals surface area contributed by atoms with E-state index >= 15 is 0 Å². The average molecular weight is 269 g/mol. The van der Waals surface area contributed by atoms with Gasteiger partial charge in [0.25, 0.3) is 5.56 Å². The Morgan fingerprint density at radius 2 is 1.95 bits per heavy atom. The lowest BCUT2D eigenvalue weighted by atomic mass is 10.1. The Hall–Kier alpha value is -2.82. The predicted octanol–water partition coefficient (Wildman–Crippen LogP) is 2.07. The number of aryl methyl sites for hydroxylation is 1. The van der Waals surface area contributed by atoms with Crippen LogP contribution in [0.1, 0.15) is 16.1 Å². The SMILES string of the molecule is Cn1c(=O)c(C(=O)c2ccco2)c(O)c2ccccc21. The monoisotopic (exact) mass is 269 g/mol. The molecule has 0 spiro atoms. The van der Waals surface area contributed by atoms with Crippen molar-refractivity contribution < 1.29 is 14.3 Å². The quantitative estimate of drug-likeness (QED) is 0.723. The Morgan fingerprint density at radius 3 is 2.65 bits per heavy atom. The minimum Gasteiger partial charge on any atom is -0.506 e. The van der Waals surface area contributed by atoms with E-state index in [4.69, 9.17) is 4.42 Å². The number of fused-ring (bicyclic) bond motifs is 1. The molecule has 20 heavy (non-hydrogen) atoms. The summed E-state index contributed by atoms with van der Waals surface area (Å²) in [5.74, 6) is -0.920. The molecular weight excluding hydrogens is 258 g/mol. The first-order chi connectivity index (χ1) is 9.61. The van der Waals surface area contributed by atoms with E-state index in [1.165, 1.54) is 16.9 Å². The van der Waals surface area contributed by atoms with Crippen LogP contribution in [-0.2, 0) is 7.05 Å². The van der Waals surface area contributed by atoms with Gasteiger partial charge in [0.05, 0.1) is 11.8 Å². The highest BCUT2D eigenvalue weighted by atomic mass is 16.3. The maximum Gasteiger partial charge on any atom is 0.265 e. The van der Waals surface area contributed by atoms with Crippen molar-refractivity contribution in [2.75, 3.05) is 0 Å². The van der Waals surface area contributed by atoms with E-state index in [-0.39, 0.29) is 17.1 Å². The molecule has 0 aliphatic heterocycles. The standard InChI is InChI=1S/C15H11NO4/c1-16-10-6-3-2-5-9(10)13(17)12(15(16)19)14(18)11-7-4-8-20-11/h2-8,17H,1H3. The van der Waals surface area contributed by atoms with Gasteiger partial charge in [-0.25, -0.2) is 0 Å². The Balaban J connectivity index is 2.37. The third-order valence-electron chi connectivity index (χ3n) is 3.25. The molecule has 5 heteroatoms. The summed E-state index contributed by atoms with van der Waals surface area (Å²) >= 11 is 0. The highest BCUT2D eigenvalue weighted by Gasteiger charge is 2.23. The average Bonchev–Trinajstić information content (AvgIpc) is 2.99. The maximum absolute atomic E-state index is 12.3. The van der Waals surface area contributed by atoms with Crippen LogP contribution in [0.4, 0.5) is 0 Å². The van der Waals surface area contributed by atoms with Crippen LogP contribution in [0.3, 0.4) is 0 Å². The molecule has 1 aromatic carbocycles. The molecule has 0 aliphatic rings. The van der Waals surface area contributed by atoms with Crippen molar-refractivity contribution in [2.24, 2.45) is 7.05 Å². The summed E-state index contributed by atoms with van der Waals surface area (Å²) in [7, 11) is 1.56. The molecule has 2 aromatic heterocycles. The molecule has 0 fully saturated rings. The van der Waals surface area contributed by atoms with Gasteiger partial charge in [-0.15, -0.1) is 0 Å². The number of para-hydroxylation sites is 1. The number of hydrogen-bond donors (Lipinski definition) is 1. The number of aromatic hydroxyl groups is 1. The maximum atomic E-state index is 12.3. The second-order valence-electron chi connectivity index (χ2n) is 4.41. The second kappa shape index (κ2) is 4.38. The van der Waals surface area contributed by atoms with Gasteiger partial charge in [0.15, 0.2) is 5.76 Å². The normalized spacial score (nSPS) is 10.8. The van der Waals surface area contributed by atoms with Gasteiger partial charge in [0.1, 0.15) is 11.3 Å². The lowest BCUT2D eigenvalue weighted by Crippen LogP contribution is -2.25. The number of nitrogens with zero attached hydrogens (tertiary/aromatic N) is 1. The summed E-state index contributed by atoms with van der Waals surface area (Å²) in [6, 6.07) is 9.86. The van der Waals surface area contributed by atoms with Gasteiger partial charge in [-0.2, -0.15) is 0 Å². The second-order valence-corrected chi connectivity index (χ2v) is 4.41. The zero-order chi connectivity index (χ0) is 14.3. The summed E-state index contributed by atoms with van der Waals surface area (Å²) in [5, 5.41) is 10.7. The first-order valence-corrected chi connectivity index (χ1v) is 6.00. The molecular formula is C15H11NO4. The van der Waals surface area contributed by atoms with E-state index in [9.17, 15) is 14.7 Å². The van der Waals surface area contributed by atoms with Gasteiger partial charge >= 0.3 is 0 Å². The zero-order valence-corrected chi connectivity index (χ0v) is 10.7. The number of benzene rings is 1. The number of carbonyl (C=O) groups excluding carboxylic acids is 1. The minimum atomic E-state index is -0.626. The summed E-state index contributed by atoms with van der Waals surface area (Å²) < 4.78 is 6.34. The number of furan rings is 1. The van der Waals surface area contributed by atoms with Crippen LogP contribution in [0, 0.1) is 0 Å². The minimum absolute atomic E-state index is 0.0210. The molecule has 0 saturated carbocycles. The summed E-state index contributed by atoms with van der Waals surface area (Å²) in [6.45, 7) is 0. The number of carbonyl (C=O) groups is 1. The molecule has 0 unspecified atom stereocenters. The van der Waals surface area contributed by atoms with Crippen molar-refractivity contribution in [3.8, 4) is 5.75 Å². The van der Waals surface area contributed by atoms with E-state index in [1.54, 1.807) is 37.4 Å². The summed E-state index contributed by atoms with van der Waals surface area (Å²) in [4.78, 5) is 24.6. The van der Waals surface area contributed by atoms with Crippen molar-refractivity contribution in [2.45, 2.75) is 0 Å². The van der Waals surface area contributed by atoms with Crippen molar-refractivity contribution in [1.29, 1.82) is 0 Å². The summed E-state index contributed by atoms with van der Waals surface area (Å²) in [5.41, 5.74) is -0.269. The molecule has 100 valence electrons. The lowest BCUT2D eigenvalue weighted by molar-refractivity contribution is 0.100. The Kier molecular flexibility index (Phi) is 2.68. The number of pyridine rings is 1. The van der Waals surface area contributed by atoms with Crippen molar-refractivity contribution in [1.82, 2.24) is 4.57 Å². The third-order valence-corrected chi connectivity index (χ3v) is 3.25. The zero-order valence-electron chi connectivity index (χ0n) is 10.7.